The van der Waals surface area contributed by atoms with E-state index < -0.39 is 12.1 Å². The van der Waals surface area contributed by atoms with Crippen molar-refractivity contribution in [2.45, 2.75) is 24.9 Å². The summed E-state index contributed by atoms with van der Waals surface area (Å²) in [4.78, 5) is 30.4. The molecule has 1 atom stereocenters. The number of nitrogens with zero attached hydrogens (tertiary/aromatic N) is 5. The van der Waals surface area contributed by atoms with Crippen molar-refractivity contribution in [2.75, 3.05) is 44.3 Å². The Balaban J connectivity index is 0.000000364. The third kappa shape index (κ3) is 6.28. The molecule has 0 radical (unpaired) electrons. The Labute approximate surface area is 202 Å². The Morgan fingerprint density at radius 3 is 2.57 bits per heavy atom. The number of amides is 1. The van der Waals surface area contributed by atoms with Crippen LogP contribution in [0.5, 0.6) is 0 Å². The number of hydrogen-bond donors (Lipinski definition) is 1. The number of carbonyl (C=O) groups is 2. The molecule has 2 aliphatic heterocycles. The number of aliphatic carboxylic acids is 1. The van der Waals surface area contributed by atoms with Crippen molar-refractivity contribution < 1.29 is 32.6 Å². The highest BCUT2D eigenvalue weighted by molar-refractivity contribution is 7.08. The number of carboxylic acids is 1. The minimum atomic E-state index is -5.08. The Morgan fingerprint density at radius 1 is 1.17 bits per heavy atom. The third-order valence-electron chi connectivity index (χ3n) is 5.79. The van der Waals surface area contributed by atoms with E-state index >= 15 is 0 Å². The van der Waals surface area contributed by atoms with E-state index in [2.05, 4.69) is 11.0 Å². The van der Waals surface area contributed by atoms with Gasteiger partial charge in [-0.25, -0.2) is 14.3 Å². The molecule has 0 spiro atoms. The average Bonchev–Trinajstić information content (AvgIpc) is 3.59. The van der Waals surface area contributed by atoms with E-state index in [0.717, 1.165) is 62.0 Å². The van der Waals surface area contributed by atoms with Gasteiger partial charge in [-0.3, -0.25) is 4.79 Å². The minimum absolute atomic E-state index is 0.194. The summed E-state index contributed by atoms with van der Waals surface area (Å²) in [5.74, 6) is -1.52. The number of rotatable bonds is 4. The highest BCUT2D eigenvalue weighted by Crippen LogP contribution is 2.27. The first-order valence-electron chi connectivity index (χ1n) is 11.0. The van der Waals surface area contributed by atoms with E-state index in [9.17, 15) is 18.0 Å². The zero-order valence-corrected chi connectivity index (χ0v) is 19.5. The SMILES string of the molecule is O=C(Cc1ccsc1)N1CCC(c2nc3ccc(N4CCOCC4)cn3n2)C1.O=C(O)C(F)(F)F. The quantitative estimate of drug-likeness (QED) is 0.575. The van der Waals surface area contributed by atoms with Crippen molar-refractivity contribution in [2.24, 2.45) is 0 Å². The van der Waals surface area contributed by atoms with Gasteiger partial charge in [-0.2, -0.15) is 29.6 Å². The molecule has 5 heterocycles. The molecule has 1 N–H and O–H groups in total. The van der Waals surface area contributed by atoms with Gasteiger partial charge >= 0.3 is 12.1 Å². The third-order valence-corrected chi connectivity index (χ3v) is 6.52. The molecule has 2 fully saturated rings. The number of anilines is 1. The van der Waals surface area contributed by atoms with E-state index in [1.165, 1.54) is 0 Å². The van der Waals surface area contributed by atoms with Gasteiger partial charge in [0.25, 0.3) is 0 Å². The number of thiophene rings is 1. The van der Waals surface area contributed by atoms with Crippen LogP contribution in [0.3, 0.4) is 0 Å². The molecular weight excluding hydrogens is 487 g/mol. The highest BCUT2D eigenvalue weighted by atomic mass is 32.1. The first-order chi connectivity index (χ1) is 16.7. The molecule has 13 heteroatoms. The number of carbonyl (C=O) groups excluding carboxylic acids is 1. The van der Waals surface area contributed by atoms with Crippen molar-refractivity contribution in [3.05, 3.63) is 46.5 Å². The largest absolute Gasteiger partial charge is 0.490 e. The van der Waals surface area contributed by atoms with E-state index in [1.807, 2.05) is 38.5 Å². The van der Waals surface area contributed by atoms with Gasteiger partial charge < -0.3 is 19.6 Å². The number of morpholine rings is 1. The second kappa shape index (κ2) is 10.6. The zero-order chi connectivity index (χ0) is 25.0. The van der Waals surface area contributed by atoms with E-state index in [1.54, 1.807) is 11.3 Å². The molecule has 1 unspecified atom stereocenters. The first kappa shape index (κ1) is 24.9. The maximum atomic E-state index is 12.6. The van der Waals surface area contributed by atoms with Crippen molar-refractivity contribution in [1.29, 1.82) is 0 Å². The molecule has 0 saturated carbocycles. The van der Waals surface area contributed by atoms with Crippen LogP contribution in [-0.2, 0) is 20.7 Å². The van der Waals surface area contributed by atoms with Crippen molar-refractivity contribution in [3.63, 3.8) is 0 Å². The van der Waals surface area contributed by atoms with E-state index in [0.29, 0.717) is 13.0 Å². The Hall–Kier alpha value is -3.19. The van der Waals surface area contributed by atoms with E-state index in [4.69, 9.17) is 24.7 Å². The molecule has 0 bridgehead atoms. The number of alkyl halides is 3. The van der Waals surface area contributed by atoms with Gasteiger partial charge in [-0.15, -0.1) is 0 Å². The van der Waals surface area contributed by atoms with Crippen LogP contribution in [0.15, 0.2) is 35.2 Å². The topological polar surface area (TPSA) is 100 Å². The molecule has 5 rings (SSSR count). The highest BCUT2D eigenvalue weighted by Gasteiger charge is 2.38. The number of fused-ring (bicyclic) bond motifs is 1. The summed E-state index contributed by atoms with van der Waals surface area (Å²) < 4.78 is 39.0. The van der Waals surface area contributed by atoms with Crippen LogP contribution in [0, 0.1) is 0 Å². The summed E-state index contributed by atoms with van der Waals surface area (Å²) in [5, 5.41) is 15.9. The van der Waals surface area contributed by atoms with Crippen LogP contribution >= 0.6 is 11.3 Å². The number of aromatic nitrogens is 3. The molecule has 2 aliphatic rings. The van der Waals surface area contributed by atoms with Crippen molar-refractivity contribution in [1.82, 2.24) is 19.5 Å². The summed E-state index contributed by atoms with van der Waals surface area (Å²) in [6.07, 6.45) is -1.63. The van der Waals surface area contributed by atoms with Gasteiger partial charge in [-0.05, 0) is 40.9 Å². The summed E-state index contributed by atoms with van der Waals surface area (Å²) in [6, 6.07) is 6.14. The predicted octanol–water partition coefficient (Wildman–Crippen LogP) is 2.82. The van der Waals surface area contributed by atoms with Gasteiger partial charge in [0, 0.05) is 32.1 Å². The Bertz CT molecular complexity index is 1160. The lowest BCUT2D eigenvalue weighted by atomic mass is 10.1. The molecule has 3 aromatic rings. The lowest BCUT2D eigenvalue weighted by Crippen LogP contribution is -2.36. The number of carboxylic acid groups (broad SMARTS) is 1. The molecule has 0 aliphatic carbocycles. The lowest BCUT2D eigenvalue weighted by Gasteiger charge is -2.28. The van der Waals surface area contributed by atoms with Crippen LogP contribution < -0.4 is 4.90 Å². The maximum absolute atomic E-state index is 12.6. The second-order valence-electron chi connectivity index (χ2n) is 8.20. The van der Waals surface area contributed by atoms with Gasteiger partial charge in [0.1, 0.15) is 0 Å². The molecule has 35 heavy (non-hydrogen) atoms. The Kier molecular flexibility index (Phi) is 7.55. The fourth-order valence-corrected chi connectivity index (χ4v) is 4.62. The summed E-state index contributed by atoms with van der Waals surface area (Å²) in [7, 11) is 0. The number of halogens is 3. The van der Waals surface area contributed by atoms with E-state index in [-0.39, 0.29) is 11.8 Å². The fraction of sp³-hybridized carbons (Fsp3) is 0.455. The average molecular weight is 512 g/mol. The van der Waals surface area contributed by atoms with Gasteiger partial charge in [0.2, 0.25) is 5.91 Å². The van der Waals surface area contributed by atoms with Crippen LogP contribution in [-0.4, -0.2) is 82.1 Å². The van der Waals surface area contributed by atoms with Crippen LogP contribution in [0.2, 0.25) is 0 Å². The van der Waals surface area contributed by atoms with Gasteiger partial charge in [-0.1, -0.05) is 0 Å². The van der Waals surface area contributed by atoms with Crippen LogP contribution in [0.1, 0.15) is 23.7 Å². The summed E-state index contributed by atoms with van der Waals surface area (Å²) in [6.45, 7) is 4.81. The molecular formula is C22H24F3N5O4S. The summed E-state index contributed by atoms with van der Waals surface area (Å²) in [5.41, 5.74) is 3.10. The molecule has 3 aromatic heterocycles. The standard InChI is InChI=1S/C20H23N5O2S.C2HF3O2/c26-19(11-15-4-10-28-14-15)24-5-3-16(12-24)20-21-18-2-1-17(13-25(18)22-20)23-6-8-27-9-7-23;3-2(4,5)1(6)7/h1-2,4,10,13-14,16H,3,5-9,11-12H2;(H,6,7). The molecule has 188 valence electrons. The second-order valence-corrected chi connectivity index (χ2v) is 8.98. The lowest BCUT2D eigenvalue weighted by molar-refractivity contribution is -0.192. The van der Waals surface area contributed by atoms with Gasteiger partial charge in [0.15, 0.2) is 11.5 Å². The summed E-state index contributed by atoms with van der Waals surface area (Å²) >= 11 is 1.63. The smallest absolute Gasteiger partial charge is 0.475 e. The number of hydrogen-bond acceptors (Lipinski definition) is 7. The molecule has 9 nitrogen and oxygen atoms in total. The molecule has 0 aromatic carbocycles. The number of ether oxygens (including phenoxy) is 1. The fourth-order valence-electron chi connectivity index (χ4n) is 3.95. The molecule has 1 amide bonds. The monoisotopic (exact) mass is 511 g/mol. The molecule has 2 saturated heterocycles. The Morgan fingerprint density at radius 2 is 1.91 bits per heavy atom. The van der Waals surface area contributed by atoms with Gasteiger partial charge in [0.05, 0.1) is 31.5 Å². The van der Waals surface area contributed by atoms with Crippen LogP contribution in [0.4, 0.5) is 18.9 Å². The minimum Gasteiger partial charge on any atom is -0.475 e. The zero-order valence-electron chi connectivity index (χ0n) is 18.6. The number of likely N-dealkylation sites (tertiary alicyclic amines) is 1. The first-order valence-corrected chi connectivity index (χ1v) is 11.9. The number of pyridine rings is 1. The predicted molar refractivity (Wildman–Crippen MR) is 122 cm³/mol. The normalized spacial score (nSPS) is 18.4. The van der Waals surface area contributed by atoms with Crippen molar-refractivity contribution >= 4 is 34.5 Å². The van der Waals surface area contributed by atoms with Crippen molar-refractivity contribution in [3.8, 4) is 0 Å². The maximum Gasteiger partial charge on any atom is 0.490 e. The van der Waals surface area contributed by atoms with Crippen LogP contribution in [0.25, 0.3) is 5.65 Å².